The van der Waals surface area contributed by atoms with Gasteiger partial charge in [0.1, 0.15) is 0 Å². The van der Waals surface area contributed by atoms with E-state index in [-0.39, 0.29) is 5.60 Å². The highest BCUT2D eigenvalue weighted by Crippen LogP contribution is 2.45. The van der Waals surface area contributed by atoms with Crippen LogP contribution in [0.25, 0.3) is 0 Å². The predicted octanol–water partition coefficient (Wildman–Crippen LogP) is 7.53. The zero-order valence-electron chi connectivity index (χ0n) is 17.0. The molecule has 1 heteroatoms. The van der Waals surface area contributed by atoms with E-state index >= 15 is 0 Å². The minimum Gasteiger partial charge on any atom is -0.375 e. The van der Waals surface area contributed by atoms with Gasteiger partial charge in [0, 0.05) is 6.61 Å². The van der Waals surface area contributed by atoms with Gasteiger partial charge in [0.2, 0.25) is 0 Å². The fraction of sp³-hybridized carbons (Fsp3) is 1.00. The molecule has 0 amide bonds. The van der Waals surface area contributed by atoms with E-state index in [4.69, 9.17) is 4.74 Å². The van der Waals surface area contributed by atoms with Gasteiger partial charge in [-0.25, -0.2) is 0 Å². The van der Waals surface area contributed by atoms with Crippen molar-refractivity contribution in [1.82, 2.24) is 0 Å². The van der Waals surface area contributed by atoms with Crippen molar-refractivity contribution in [2.45, 2.75) is 123 Å². The Morgan fingerprint density at radius 2 is 1.38 bits per heavy atom. The van der Waals surface area contributed by atoms with Crippen molar-refractivity contribution in [1.29, 1.82) is 0 Å². The fourth-order valence-electron chi connectivity index (χ4n) is 5.55. The van der Waals surface area contributed by atoms with E-state index in [0.717, 1.165) is 24.4 Å². The van der Waals surface area contributed by atoms with Crippen LogP contribution < -0.4 is 0 Å². The monoisotopic (exact) mass is 336 g/mol. The van der Waals surface area contributed by atoms with E-state index < -0.39 is 0 Å². The van der Waals surface area contributed by atoms with Crippen molar-refractivity contribution in [2.75, 3.05) is 6.61 Å². The van der Waals surface area contributed by atoms with Gasteiger partial charge < -0.3 is 4.74 Å². The summed E-state index contributed by atoms with van der Waals surface area (Å²) < 4.78 is 6.31. The average molecular weight is 337 g/mol. The molecule has 0 aromatic rings. The molecule has 0 aromatic heterocycles. The van der Waals surface area contributed by atoms with E-state index in [0.29, 0.717) is 0 Å². The van der Waals surface area contributed by atoms with Crippen LogP contribution in [-0.4, -0.2) is 12.2 Å². The summed E-state index contributed by atoms with van der Waals surface area (Å²) in [6.45, 7) is 7.73. The van der Waals surface area contributed by atoms with Crippen molar-refractivity contribution >= 4 is 0 Å². The highest BCUT2D eigenvalue weighted by molar-refractivity contribution is 4.90. The van der Waals surface area contributed by atoms with Gasteiger partial charge in [-0.15, -0.1) is 0 Å². The third-order valence-corrected chi connectivity index (χ3v) is 7.15. The number of unbranched alkanes of at least 4 members (excludes halogenated alkanes) is 3. The van der Waals surface area contributed by atoms with Crippen LogP contribution in [-0.2, 0) is 4.74 Å². The SMILES string of the molecule is CCCCCC1(OCC)CCC(C2CCC(CCCC)CC2)CC1. The molecular weight excluding hydrogens is 292 g/mol. The Morgan fingerprint density at radius 1 is 0.750 bits per heavy atom. The predicted molar refractivity (Wildman–Crippen MR) is 105 cm³/mol. The number of ether oxygens (including phenoxy) is 1. The smallest absolute Gasteiger partial charge is 0.0682 e. The zero-order chi connectivity index (χ0) is 17.3. The van der Waals surface area contributed by atoms with Gasteiger partial charge in [-0.1, -0.05) is 65.2 Å². The molecule has 2 fully saturated rings. The van der Waals surface area contributed by atoms with Crippen LogP contribution in [0.3, 0.4) is 0 Å². The van der Waals surface area contributed by atoms with Crippen LogP contribution in [0.15, 0.2) is 0 Å². The molecule has 0 aromatic carbocycles. The maximum Gasteiger partial charge on any atom is 0.0682 e. The van der Waals surface area contributed by atoms with Crippen LogP contribution in [0, 0.1) is 17.8 Å². The summed E-state index contributed by atoms with van der Waals surface area (Å²) >= 11 is 0. The Bertz CT molecular complexity index is 308. The Kier molecular flexibility index (Phi) is 9.16. The molecule has 2 aliphatic carbocycles. The molecule has 0 spiro atoms. The van der Waals surface area contributed by atoms with Crippen LogP contribution in [0.4, 0.5) is 0 Å². The molecule has 2 saturated carbocycles. The third kappa shape index (κ3) is 6.04. The molecule has 0 saturated heterocycles. The quantitative estimate of drug-likeness (QED) is 0.375. The molecule has 2 rings (SSSR count). The standard InChI is InChI=1S/C23H44O/c1-4-7-9-17-23(24-6-3)18-15-22(16-19-23)21-13-11-20(12-14-21)10-8-5-2/h20-22H,4-19H2,1-3H3. The molecule has 0 aliphatic heterocycles. The fourth-order valence-corrected chi connectivity index (χ4v) is 5.55. The van der Waals surface area contributed by atoms with E-state index in [1.165, 1.54) is 96.3 Å². The van der Waals surface area contributed by atoms with Crippen molar-refractivity contribution in [2.24, 2.45) is 17.8 Å². The van der Waals surface area contributed by atoms with Crippen molar-refractivity contribution in [3.05, 3.63) is 0 Å². The Balaban J connectivity index is 1.74. The van der Waals surface area contributed by atoms with E-state index in [1.807, 2.05) is 0 Å². The second-order valence-corrected chi connectivity index (χ2v) is 8.83. The lowest BCUT2D eigenvalue weighted by Gasteiger charge is -2.44. The second kappa shape index (κ2) is 10.8. The van der Waals surface area contributed by atoms with Crippen LogP contribution >= 0.6 is 0 Å². The molecule has 0 unspecified atom stereocenters. The lowest BCUT2D eigenvalue weighted by atomic mass is 9.67. The molecule has 24 heavy (non-hydrogen) atoms. The topological polar surface area (TPSA) is 9.23 Å². The van der Waals surface area contributed by atoms with Gasteiger partial charge in [-0.3, -0.25) is 0 Å². The highest BCUT2D eigenvalue weighted by Gasteiger charge is 2.38. The van der Waals surface area contributed by atoms with E-state index in [1.54, 1.807) is 0 Å². The first-order valence-electron chi connectivity index (χ1n) is 11.4. The van der Waals surface area contributed by atoms with Gasteiger partial charge in [-0.05, 0) is 69.6 Å². The molecule has 142 valence electrons. The Hall–Kier alpha value is -0.0400. The third-order valence-electron chi connectivity index (χ3n) is 7.15. The maximum absolute atomic E-state index is 6.31. The minimum atomic E-state index is 0.249. The Morgan fingerprint density at radius 3 is 1.96 bits per heavy atom. The first kappa shape index (κ1) is 20.3. The van der Waals surface area contributed by atoms with Gasteiger partial charge >= 0.3 is 0 Å². The number of rotatable bonds is 10. The van der Waals surface area contributed by atoms with Crippen molar-refractivity contribution in [3.8, 4) is 0 Å². The number of hydrogen-bond donors (Lipinski definition) is 0. The molecule has 1 nitrogen and oxygen atoms in total. The summed E-state index contributed by atoms with van der Waals surface area (Å²) in [6.07, 6.45) is 21.4. The van der Waals surface area contributed by atoms with E-state index in [2.05, 4.69) is 20.8 Å². The molecule has 0 N–H and O–H groups in total. The lowest BCUT2D eigenvalue weighted by Crippen LogP contribution is -2.39. The lowest BCUT2D eigenvalue weighted by molar-refractivity contribution is -0.0855. The van der Waals surface area contributed by atoms with Crippen LogP contribution in [0.1, 0.15) is 117 Å². The van der Waals surface area contributed by atoms with Crippen molar-refractivity contribution in [3.63, 3.8) is 0 Å². The molecule has 0 bridgehead atoms. The molecule has 0 radical (unpaired) electrons. The molecule has 2 aliphatic rings. The van der Waals surface area contributed by atoms with Gasteiger partial charge in [0.05, 0.1) is 5.60 Å². The number of hydrogen-bond acceptors (Lipinski definition) is 1. The second-order valence-electron chi connectivity index (χ2n) is 8.83. The summed E-state index contributed by atoms with van der Waals surface area (Å²) in [4.78, 5) is 0. The Labute approximate surface area is 152 Å². The summed E-state index contributed by atoms with van der Waals surface area (Å²) in [6, 6.07) is 0. The molecule has 0 atom stereocenters. The van der Waals surface area contributed by atoms with Crippen LogP contribution in [0.5, 0.6) is 0 Å². The first-order valence-corrected chi connectivity index (χ1v) is 11.4. The van der Waals surface area contributed by atoms with E-state index in [9.17, 15) is 0 Å². The van der Waals surface area contributed by atoms with Gasteiger partial charge in [0.25, 0.3) is 0 Å². The summed E-state index contributed by atoms with van der Waals surface area (Å²) in [7, 11) is 0. The largest absolute Gasteiger partial charge is 0.375 e. The summed E-state index contributed by atoms with van der Waals surface area (Å²) in [5.41, 5.74) is 0.249. The van der Waals surface area contributed by atoms with Crippen molar-refractivity contribution < 1.29 is 4.74 Å². The first-order chi connectivity index (χ1) is 11.7. The molecular formula is C23H44O. The highest BCUT2D eigenvalue weighted by atomic mass is 16.5. The minimum absolute atomic E-state index is 0.249. The van der Waals surface area contributed by atoms with Gasteiger partial charge in [-0.2, -0.15) is 0 Å². The summed E-state index contributed by atoms with van der Waals surface area (Å²) in [5, 5.41) is 0. The maximum atomic E-state index is 6.31. The van der Waals surface area contributed by atoms with Crippen LogP contribution in [0.2, 0.25) is 0 Å². The zero-order valence-corrected chi connectivity index (χ0v) is 17.0. The normalized spacial score (nSPS) is 34.4. The summed E-state index contributed by atoms with van der Waals surface area (Å²) in [5.74, 6) is 3.11. The molecule has 0 heterocycles. The average Bonchev–Trinajstić information content (AvgIpc) is 2.62. The van der Waals surface area contributed by atoms with Gasteiger partial charge in [0.15, 0.2) is 0 Å².